The Hall–Kier alpha value is -3.37. The van der Waals surface area contributed by atoms with Crippen molar-refractivity contribution in [3.8, 4) is 11.3 Å². The zero-order valence-electron chi connectivity index (χ0n) is 18.7. The van der Waals surface area contributed by atoms with Gasteiger partial charge in [0, 0.05) is 51.7 Å². The molecule has 1 aliphatic rings. The number of hydrogen-bond acceptors (Lipinski definition) is 8. The molecule has 5 heterocycles. The van der Waals surface area contributed by atoms with Crippen LogP contribution in [0.1, 0.15) is 6.42 Å². The lowest BCUT2D eigenvalue weighted by Gasteiger charge is -2.34. The molecule has 0 unspecified atom stereocenters. The highest BCUT2D eigenvalue weighted by Crippen LogP contribution is 2.30. The number of halogens is 1. The quantitative estimate of drug-likeness (QED) is 0.444. The van der Waals surface area contributed by atoms with E-state index in [2.05, 4.69) is 30.6 Å². The lowest BCUT2D eigenvalue weighted by molar-refractivity contribution is 0.0918. The molecule has 33 heavy (non-hydrogen) atoms. The lowest BCUT2D eigenvalue weighted by atomic mass is 10.0. The second-order valence-electron chi connectivity index (χ2n) is 8.14. The highest BCUT2D eigenvalue weighted by molar-refractivity contribution is 5.89. The third-order valence-electron chi connectivity index (χ3n) is 6.03. The predicted octanol–water partition coefficient (Wildman–Crippen LogP) is 2.85. The van der Waals surface area contributed by atoms with Gasteiger partial charge in [-0.3, -0.25) is 9.88 Å². The van der Waals surface area contributed by atoms with Gasteiger partial charge in [0.2, 0.25) is 5.95 Å². The first kappa shape index (κ1) is 21.5. The molecule has 172 valence electrons. The molecule has 0 saturated carbocycles. The fourth-order valence-electron chi connectivity index (χ4n) is 4.29. The Balaban J connectivity index is 1.41. The Kier molecular flexibility index (Phi) is 6.01. The average molecular weight is 451 g/mol. The summed E-state index contributed by atoms with van der Waals surface area (Å²) in [7, 11) is 3.47. The van der Waals surface area contributed by atoms with Gasteiger partial charge in [-0.2, -0.15) is 4.98 Å². The van der Waals surface area contributed by atoms with Crippen molar-refractivity contribution < 1.29 is 9.13 Å². The van der Waals surface area contributed by atoms with E-state index in [0.717, 1.165) is 40.9 Å². The average Bonchev–Trinajstić information content (AvgIpc) is 3.27. The van der Waals surface area contributed by atoms with Gasteiger partial charge in [0.05, 0.1) is 29.4 Å². The molecule has 5 rings (SSSR count). The van der Waals surface area contributed by atoms with Gasteiger partial charge in [0.1, 0.15) is 11.7 Å². The molecule has 0 spiro atoms. The van der Waals surface area contributed by atoms with Crippen LogP contribution in [0.25, 0.3) is 27.8 Å². The van der Waals surface area contributed by atoms with Crippen LogP contribution in [0.3, 0.4) is 0 Å². The maximum Gasteiger partial charge on any atom is 0.243 e. The molecule has 0 amide bonds. The monoisotopic (exact) mass is 450 g/mol. The third-order valence-corrected chi connectivity index (χ3v) is 6.03. The molecule has 0 bridgehead atoms. The van der Waals surface area contributed by atoms with E-state index in [0.29, 0.717) is 31.3 Å². The zero-order chi connectivity index (χ0) is 22.8. The highest BCUT2D eigenvalue weighted by atomic mass is 19.1. The van der Waals surface area contributed by atoms with Crippen LogP contribution < -0.4 is 10.6 Å². The number of aromatic nitrogens is 5. The van der Waals surface area contributed by atoms with E-state index >= 15 is 0 Å². The Labute approximate surface area is 191 Å². The second-order valence-corrected chi connectivity index (χ2v) is 8.14. The molecule has 4 aromatic heterocycles. The number of rotatable bonds is 7. The number of methoxy groups -OCH3 is 1. The molecule has 2 N–H and O–H groups in total. The maximum absolute atomic E-state index is 14.8. The van der Waals surface area contributed by atoms with Crippen LogP contribution in [0.2, 0.25) is 0 Å². The van der Waals surface area contributed by atoms with E-state index in [4.69, 9.17) is 9.72 Å². The maximum atomic E-state index is 14.8. The predicted molar refractivity (Wildman–Crippen MR) is 126 cm³/mol. The Morgan fingerprint density at radius 1 is 1.18 bits per heavy atom. The second kappa shape index (κ2) is 9.24. The van der Waals surface area contributed by atoms with E-state index in [-0.39, 0.29) is 6.04 Å². The van der Waals surface area contributed by atoms with Crippen LogP contribution in [0.4, 0.5) is 16.2 Å². The van der Waals surface area contributed by atoms with E-state index in [1.54, 1.807) is 17.8 Å². The highest BCUT2D eigenvalue weighted by Gasteiger charge is 2.30. The first-order valence-corrected chi connectivity index (χ1v) is 11.1. The number of alkyl halides is 1. The van der Waals surface area contributed by atoms with Gasteiger partial charge in [-0.25, -0.2) is 13.9 Å². The lowest BCUT2D eigenvalue weighted by Crippen LogP contribution is -2.48. The van der Waals surface area contributed by atoms with Crippen molar-refractivity contribution in [3.05, 3.63) is 42.7 Å². The van der Waals surface area contributed by atoms with Crippen molar-refractivity contribution >= 4 is 28.3 Å². The van der Waals surface area contributed by atoms with Crippen LogP contribution in [-0.2, 0) is 4.74 Å². The van der Waals surface area contributed by atoms with Crippen molar-refractivity contribution in [1.29, 1.82) is 0 Å². The fraction of sp³-hybridized carbons (Fsp3) is 0.391. The molecule has 9 nitrogen and oxygen atoms in total. The van der Waals surface area contributed by atoms with Gasteiger partial charge < -0.3 is 15.4 Å². The van der Waals surface area contributed by atoms with Gasteiger partial charge in [-0.1, -0.05) is 0 Å². The summed E-state index contributed by atoms with van der Waals surface area (Å²) < 4.78 is 21.7. The van der Waals surface area contributed by atoms with Crippen molar-refractivity contribution in [1.82, 2.24) is 29.5 Å². The van der Waals surface area contributed by atoms with Crippen molar-refractivity contribution in [2.45, 2.75) is 18.6 Å². The molecule has 1 aliphatic heterocycles. The minimum Gasteiger partial charge on any atom is -0.383 e. The summed E-state index contributed by atoms with van der Waals surface area (Å²) in [5.74, 6) is 1.04. The smallest absolute Gasteiger partial charge is 0.243 e. The zero-order valence-corrected chi connectivity index (χ0v) is 18.7. The first-order chi connectivity index (χ1) is 16.2. The summed E-state index contributed by atoms with van der Waals surface area (Å²) in [6.45, 7) is 2.52. The van der Waals surface area contributed by atoms with Crippen molar-refractivity contribution in [2.75, 3.05) is 51.0 Å². The summed E-state index contributed by atoms with van der Waals surface area (Å²) in [4.78, 5) is 15.8. The van der Waals surface area contributed by atoms with E-state index < -0.39 is 6.17 Å². The van der Waals surface area contributed by atoms with Gasteiger partial charge in [0.15, 0.2) is 5.82 Å². The minimum atomic E-state index is -1.01. The number of ether oxygens (including phenoxy) is 1. The van der Waals surface area contributed by atoms with Gasteiger partial charge >= 0.3 is 0 Å². The van der Waals surface area contributed by atoms with Crippen LogP contribution >= 0.6 is 0 Å². The molecule has 2 atom stereocenters. The van der Waals surface area contributed by atoms with Crippen LogP contribution in [0.5, 0.6) is 0 Å². The van der Waals surface area contributed by atoms with Crippen LogP contribution in [0, 0.1) is 0 Å². The molecule has 1 saturated heterocycles. The number of nitrogens with zero attached hydrogens (tertiary/aromatic N) is 6. The topological polar surface area (TPSA) is 92.5 Å². The van der Waals surface area contributed by atoms with Crippen molar-refractivity contribution in [2.24, 2.45) is 0 Å². The Morgan fingerprint density at radius 3 is 2.91 bits per heavy atom. The Morgan fingerprint density at radius 2 is 2.09 bits per heavy atom. The van der Waals surface area contributed by atoms with E-state index in [1.807, 2.05) is 43.6 Å². The molecule has 1 fully saturated rings. The van der Waals surface area contributed by atoms with Crippen molar-refractivity contribution in [3.63, 3.8) is 0 Å². The SMILES string of the molecule is CNc1nc(N[C@H]2CCN(CCOC)C[C@H]2F)nn2ccc(-c3ccc4ncccc4n3)c12. The fourth-order valence-corrected chi connectivity index (χ4v) is 4.29. The third kappa shape index (κ3) is 4.31. The number of piperidine rings is 1. The number of likely N-dealkylation sites (tertiary alicyclic amines) is 1. The molecule has 0 aliphatic carbocycles. The molecule has 0 aromatic carbocycles. The number of fused-ring (bicyclic) bond motifs is 2. The number of nitrogens with one attached hydrogen (secondary N) is 2. The summed E-state index contributed by atoms with van der Waals surface area (Å²) in [5.41, 5.74) is 4.20. The van der Waals surface area contributed by atoms with Crippen LogP contribution in [-0.4, -0.2) is 82.1 Å². The number of anilines is 2. The summed E-state index contributed by atoms with van der Waals surface area (Å²) in [5, 5.41) is 11.0. The number of hydrogen-bond donors (Lipinski definition) is 2. The molecule has 10 heteroatoms. The summed E-state index contributed by atoms with van der Waals surface area (Å²) in [6, 6.07) is 9.34. The summed E-state index contributed by atoms with van der Waals surface area (Å²) >= 11 is 0. The normalized spacial score (nSPS) is 19.2. The largest absolute Gasteiger partial charge is 0.383 e. The molecular weight excluding hydrogens is 423 g/mol. The standard InChI is InChI=1S/C23H27FN8O/c1-25-22-21-15(17-5-6-19-20(27-17)4-3-9-26-19)7-11-32(21)30-23(29-22)28-18-8-10-31(12-13-33-2)14-16(18)24/h3-7,9,11,16,18H,8,10,12-14H2,1-2H3,(H2,25,28,29,30)/t16-,18+/m1/s1. The van der Waals surface area contributed by atoms with Crippen LogP contribution in [0.15, 0.2) is 42.7 Å². The molecule has 0 radical (unpaired) electrons. The summed E-state index contributed by atoms with van der Waals surface area (Å²) in [6.07, 6.45) is 3.29. The van der Waals surface area contributed by atoms with Gasteiger partial charge in [-0.15, -0.1) is 5.10 Å². The van der Waals surface area contributed by atoms with E-state index in [9.17, 15) is 4.39 Å². The molecular formula is C23H27FN8O. The first-order valence-electron chi connectivity index (χ1n) is 11.1. The molecule has 4 aromatic rings. The van der Waals surface area contributed by atoms with Gasteiger partial charge in [-0.05, 0) is 36.8 Å². The van der Waals surface area contributed by atoms with Gasteiger partial charge in [0.25, 0.3) is 0 Å². The van der Waals surface area contributed by atoms with E-state index in [1.165, 1.54) is 0 Å². The Bertz CT molecular complexity index is 1260. The minimum absolute atomic E-state index is 0.337. The number of pyridine rings is 2.